The Bertz CT molecular complexity index is 1080. The normalized spacial score (nSPS) is 12.5. The highest BCUT2D eigenvalue weighted by atomic mass is 16.5. The molecule has 3 rings (SSSR count). The maximum Gasteiger partial charge on any atom is 0.336 e. The van der Waals surface area contributed by atoms with Gasteiger partial charge in [0.15, 0.2) is 11.4 Å². The number of benzene rings is 2. The van der Waals surface area contributed by atoms with Crippen molar-refractivity contribution in [3.8, 4) is 5.75 Å². The number of nitrogens with one attached hydrogen (secondary N) is 1. The van der Waals surface area contributed by atoms with Gasteiger partial charge in [-0.25, -0.2) is 9.78 Å². The smallest absolute Gasteiger partial charge is 0.336 e. The van der Waals surface area contributed by atoms with Gasteiger partial charge in [-0.3, -0.25) is 9.59 Å². The molecule has 1 heterocycles. The zero-order valence-corrected chi connectivity index (χ0v) is 17.5. The molecule has 8 heteroatoms. The molecule has 0 saturated heterocycles. The van der Waals surface area contributed by atoms with Crippen LogP contribution in [0.15, 0.2) is 67.0 Å². The Kier molecular flexibility index (Phi) is 6.49. The number of amides is 1. The number of hydrogen-bond acceptors (Lipinski definition) is 6. The fourth-order valence-electron chi connectivity index (χ4n) is 3.32. The van der Waals surface area contributed by atoms with Crippen molar-refractivity contribution >= 4 is 17.7 Å². The van der Waals surface area contributed by atoms with Crippen LogP contribution < -0.4 is 10.1 Å². The maximum absolute atomic E-state index is 13.1. The summed E-state index contributed by atoms with van der Waals surface area (Å²) in [5, 5.41) is 2.75. The lowest BCUT2D eigenvalue weighted by molar-refractivity contribution is -0.148. The second kappa shape index (κ2) is 9.25. The van der Waals surface area contributed by atoms with E-state index in [0.29, 0.717) is 16.9 Å². The number of nitrogens with zero attached hydrogens (tertiary/aromatic N) is 2. The van der Waals surface area contributed by atoms with Crippen LogP contribution in [0.2, 0.25) is 0 Å². The minimum absolute atomic E-state index is 0.169. The molecule has 0 aliphatic rings. The summed E-state index contributed by atoms with van der Waals surface area (Å²) < 4.78 is 11.7. The number of Topliss-reactive ketones (excluding diaryl/α,β-unsaturated/α-hetero) is 1. The zero-order valence-electron chi connectivity index (χ0n) is 17.5. The minimum atomic E-state index is -1.74. The maximum atomic E-state index is 13.1. The van der Waals surface area contributed by atoms with Gasteiger partial charge in [-0.1, -0.05) is 30.3 Å². The van der Waals surface area contributed by atoms with Crippen LogP contribution in [-0.2, 0) is 22.1 Å². The number of methoxy groups -OCH3 is 2. The van der Waals surface area contributed by atoms with E-state index in [2.05, 4.69) is 10.3 Å². The van der Waals surface area contributed by atoms with Crippen molar-refractivity contribution in [1.82, 2.24) is 14.9 Å². The number of hydrogen-bond donors (Lipinski definition) is 1. The Balaban J connectivity index is 2.05. The molecule has 1 N–H and O–H groups in total. The topological polar surface area (TPSA) is 99.5 Å². The van der Waals surface area contributed by atoms with Crippen LogP contribution in [0.25, 0.3) is 0 Å². The Morgan fingerprint density at radius 1 is 1.03 bits per heavy atom. The van der Waals surface area contributed by atoms with Crippen molar-refractivity contribution in [2.75, 3.05) is 14.2 Å². The SMILES string of the molecule is COC(=O)C(CC(=O)c1nccn1C)(NC(=O)c1ccc(OC)cc1)c1ccccc1. The average molecular weight is 421 g/mol. The number of rotatable bonds is 8. The summed E-state index contributed by atoms with van der Waals surface area (Å²) in [7, 11) is 4.42. The summed E-state index contributed by atoms with van der Waals surface area (Å²) >= 11 is 0. The summed E-state index contributed by atoms with van der Waals surface area (Å²) in [5.74, 6) is -0.962. The number of ether oxygens (including phenoxy) is 2. The molecule has 0 radical (unpaired) electrons. The molecule has 1 unspecified atom stereocenters. The van der Waals surface area contributed by atoms with E-state index in [-0.39, 0.29) is 12.2 Å². The molecule has 8 nitrogen and oxygen atoms in total. The van der Waals surface area contributed by atoms with E-state index < -0.39 is 23.2 Å². The summed E-state index contributed by atoms with van der Waals surface area (Å²) in [6.45, 7) is 0. The van der Waals surface area contributed by atoms with E-state index in [1.54, 1.807) is 72.4 Å². The average Bonchev–Trinajstić information content (AvgIpc) is 3.24. The first-order valence-corrected chi connectivity index (χ1v) is 9.52. The molecular formula is C23H23N3O5. The van der Waals surface area contributed by atoms with Crippen molar-refractivity contribution in [1.29, 1.82) is 0 Å². The Hall–Kier alpha value is -3.94. The van der Waals surface area contributed by atoms with E-state index >= 15 is 0 Å². The van der Waals surface area contributed by atoms with Crippen LogP contribution in [0.1, 0.15) is 33.0 Å². The van der Waals surface area contributed by atoms with Crippen molar-refractivity contribution in [2.45, 2.75) is 12.0 Å². The molecular weight excluding hydrogens is 398 g/mol. The van der Waals surface area contributed by atoms with Gasteiger partial charge in [0.25, 0.3) is 5.91 Å². The molecule has 0 bridgehead atoms. The van der Waals surface area contributed by atoms with Gasteiger partial charge in [0.05, 0.1) is 20.6 Å². The molecule has 0 fully saturated rings. The molecule has 2 aromatic carbocycles. The molecule has 0 spiro atoms. The number of aryl methyl sites for hydroxylation is 1. The van der Waals surface area contributed by atoms with E-state index in [1.165, 1.54) is 20.4 Å². The molecule has 0 aliphatic heterocycles. The molecule has 0 saturated carbocycles. The minimum Gasteiger partial charge on any atom is -0.497 e. The summed E-state index contributed by atoms with van der Waals surface area (Å²) in [6.07, 6.45) is 2.76. The Morgan fingerprint density at radius 3 is 2.26 bits per heavy atom. The third-order valence-corrected chi connectivity index (χ3v) is 4.98. The summed E-state index contributed by atoms with van der Waals surface area (Å²) in [6, 6.07) is 15.0. The van der Waals surface area contributed by atoms with Crippen LogP contribution in [0.3, 0.4) is 0 Å². The molecule has 160 valence electrons. The highest BCUT2D eigenvalue weighted by Crippen LogP contribution is 2.29. The van der Waals surface area contributed by atoms with Crippen LogP contribution >= 0.6 is 0 Å². The van der Waals surface area contributed by atoms with Crippen LogP contribution in [0.5, 0.6) is 5.75 Å². The fraction of sp³-hybridized carbons (Fsp3) is 0.217. The lowest BCUT2D eigenvalue weighted by Crippen LogP contribution is -2.53. The van der Waals surface area contributed by atoms with Crippen molar-refractivity contribution in [3.05, 3.63) is 83.9 Å². The van der Waals surface area contributed by atoms with Gasteiger partial charge in [-0.2, -0.15) is 0 Å². The van der Waals surface area contributed by atoms with Crippen molar-refractivity contribution < 1.29 is 23.9 Å². The third-order valence-electron chi connectivity index (χ3n) is 4.98. The Labute approximate surface area is 179 Å². The highest BCUT2D eigenvalue weighted by Gasteiger charge is 2.45. The van der Waals surface area contributed by atoms with Gasteiger partial charge >= 0.3 is 5.97 Å². The first-order valence-electron chi connectivity index (χ1n) is 9.52. The Morgan fingerprint density at radius 2 is 1.71 bits per heavy atom. The lowest BCUT2D eigenvalue weighted by Gasteiger charge is -2.32. The first-order chi connectivity index (χ1) is 14.9. The van der Waals surface area contributed by atoms with Crippen molar-refractivity contribution in [2.24, 2.45) is 7.05 Å². The first kappa shape index (κ1) is 21.8. The second-order valence-electron chi connectivity index (χ2n) is 6.91. The molecule has 0 aliphatic carbocycles. The van der Waals surface area contributed by atoms with Crippen molar-refractivity contribution in [3.63, 3.8) is 0 Å². The van der Waals surface area contributed by atoms with Crippen LogP contribution in [0, 0.1) is 0 Å². The van der Waals surface area contributed by atoms with Gasteiger partial charge in [-0.15, -0.1) is 0 Å². The lowest BCUT2D eigenvalue weighted by atomic mass is 9.84. The molecule has 1 amide bonds. The second-order valence-corrected chi connectivity index (χ2v) is 6.91. The number of aromatic nitrogens is 2. The van der Waals surface area contributed by atoms with Gasteiger partial charge < -0.3 is 19.4 Å². The predicted molar refractivity (Wildman–Crippen MR) is 113 cm³/mol. The van der Waals surface area contributed by atoms with Gasteiger partial charge in [0.1, 0.15) is 5.75 Å². The fourth-order valence-corrected chi connectivity index (χ4v) is 3.32. The van der Waals surface area contributed by atoms with Crippen LogP contribution in [-0.4, -0.2) is 41.4 Å². The number of carbonyl (C=O) groups excluding carboxylic acids is 3. The quantitative estimate of drug-likeness (QED) is 0.443. The summed E-state index contributed by atoms with van der Waals surface area (Å²) in [5.41, 5.74) is -1.02. The standard InChI is InChI=1S/C23H23N3O5/c1-26-14-13-24-20(26)19(27)15-23(22(29)31-3,17-7-5-4-6-8-17)25-21(28)16-9-11-18(30-2)12-10-16/h4-14H,15H2,1-3H3,(H,25,28). The van der Waals surface area contributed by atoms with E-state index in [1.807, 2.05) is 0 Å². The molecule has 1 atom stereocenters. The monoisotopic (exact) mass is 421 g/mol. The van der Waals surface area contributed by atoms with Gasteiger partial charge in [0.2, 0.25) is 5.78 Å². The zero-order chi connectivity index (χ0) is 22.4. The summed E-state index contributed by atoms with van der Waals surface area (Å²) in [4.78, 5) is 43.3. The van der Waals surface area contributed by atoms with Gasteiger partial charge in [0, 0.05) is 25.0 Å². The van der Waals surface area contributed by atoms with E-state index in [9.17, 15) is 14.4 Å². The third kappa shape index (κ3) is 4.48. The highest BCUT2D eigenvalue weighted by molar-refractivity contribution is 6.03. The van der Waals surface area contributed by atoms with E-state index in [4.69, 9.17) is 9.47 Å². The van der Waals surface area contributed by atoms with Gasteiger partial charge in [-0.05, 0) is 29.8 Å². The number of esters is 1. The largest absolute Gasteiger partial charge is 0.497 e. The molecule has 31 heavy (non-hydrogen) atoms. The predicted octanol–water partition coefficient (Wildman–Crippen LogP) is 2.50. The molecule has 1 aromatic heterocycles. The number of ketones is 1. The molecule has 3 aromatic rings. The van der Waals surface area contributed by atoms with Crippen LogP contribution in [0.4, 0.5) is 0 Å². The van der Waals surface area contributed by atoms with E-state index in [0.717, 1.165) is 0 Å². The number of imidazole rings is 1. The number of carbonyl (C=O) groups is 3.